The summed E-state index contributed by atoms with van der Waals surface area (Å²) in [5.74, 6) is 0. The molecular weight excluding hydrogens is 313 g/mol. The zero-order valence-electron chi connectivity index (χ0n) is 11.9. The Balaban J connectivity index is 1.84. The molecule has 0 aliphatic carbocycles. The van der Waals surface area contributed by atoms with Crippen molar-refractivity contribution in [2.24, 2.45) is 0 Å². The molecule has 0 bridgehead atoms. The van der Waals surface area contributed by atoms with Crippen molar-refractivity contribution in [1.82, 2.24) is 9.80 Å². The fraction of sp³-hybridized carbons (Fsp3) is 0.500. The Hall–Kier alpha value is -1.01. The molecule has 1 heterocycles. The number of carbonyl (C=O) groups excluding carboxylic acids is 1. The fourth-order valence-electron chi connectivity index (χ4n) is 2.22. The van der Waals surface area contributed by atoms with Crippen molar-refractivity contribution in [3.05, 3.63) is 28.2 Å². The molecule has 7 heteroatoms. The van der Waals surface area contributed by atoms with Gasteiger partial charge in [-0.25, -0.2) is 4.79 Å². The van der Waals surface area contributed by atoms with E-state index in [2.05, 4.69) is 10.2 Å². The van der Waals surface area contributed by atoms with Crippen molar-refractivity contribution < 1.29 is 9.53 Å². The molecule has 1 aliphatic rings. The van der Waals surface area contributed by atoms with Gasteiger partial charge in [-0.3, -0.25) is 4.90 Å². The quantitative estimate of drug-likeness (QED) is 0.922. The van der Waals surface area contributed by atoms with Crippen LogP contribution in [0.25, 0.3) is 0 Å². The number of amides is 2. The van der Waals surface area contributed by atoms with Gasteiger partial charge in [0, 0.05) is 55.6 Å². The highest BCUT2D eigenvalue weighted by molar-refractivity contribution is 6.35. The van der Waals surface area contributed by atoms with Gasteiger partial charge in [0.2, 0.25) is 0 Å². The molecule has 1 saturated heterocycles. The first-order chi connectivity index (χ1) is 10.1. The number of ether oxygens (including phenoxy) is 1. The van der Waals surface area contributed by atoms with Crippen molar-refractivity contribution >= 4 is 34.9 Å². The SMILES string of the molecule is COCCN1CCN(C(=O)Nc2cc(Cl)cc(Cl)c2)CC1. The molecule has 2 rings (SSSR count). The van der Waals surface area contributed by atoms with Gasteiger partial charge in [0.15, 0.2) is 0 Å². The third-order valence-electron chi connectivity index (χ3n) is 3.38. The third-order valence-corrected chi connectivity index (χ3v) is 3.82. The van der Waals surface area contributed by atoms with Gasteiger partial charge in [-0.1, -0.05) is 23.2 Å². The monoisotopic (exact) mass is 331 g/mol. The molecule has 2 amide bonds. The highest BCUT2D eigenvalue weighted by atomic mass is 35.5. The predicted molar refractivity (Wildman–Crippen MR) is 85.4 cm³/mol. The Bertz CT molecular complexity index is 471. The molecule has 1 aromatic carbocycles. The predicted octanol–water partition coefficient (Wildman–Crippen LogP) is 2.79. The molecule has 1 fully saturated rings. The molecule has 0 spiro atoms. The van der Waals surface area contributed by atoms with Crippen LogP contribution in [0.3, 0.4) is 0 Å². The van der Waals surface area contributed by atoms with Gasteiger partial charge in [0.25, 0.3) is 0 Å². The van der Waals surface area contributed by atoms with Crippen LogP contribution in [0, 0.1) is 0 Å². The number of halogens is 2. The molecule has 1 aromatic rings. The first-order valence-electron chi connectivity index (χ1n) is 6.82. The zero-order valence-corrected chi connectivity index (χ0v) is 13.5. The van der Waals surface area contributed by atoms with Crippen molar-refractivity contribution in [3.8, 4) is 0 Å². The number of hydrogen-bond acceptors (Lipinski definition) is 3. The normalized spacial score (nSPS) is 16.0. The van der Waals surface area contributed by atoms with Crippen LogP contribution < -0.4 is 5.32 Å². The van der Waals surface area contributed by atoms with Gasteiger partial charge in [0.05, 0.1) is 6.61 Å². The fourth-order valence-corrected chi connectivity index (χ4v) is 2.75. The number of rotatable bonds is 4. The second-order valence-electron chi connectivity index (χ2n) is 4.91. The summed E-state index contributed by atoms with van der Waals surface area (Å²) in [6, 6.07) is 4.87. The van der Waals surface area contributed by atoms with E-state index in [0.29, 0.717) is 35.4 Å². The largest absolute Gasteiger partial charge is 0.383 e. The molecule has 116 valence electrons. The molecular formula is C14H19Cl2N3O2. The first-order valence-corrected chi connectivity index (χ1v) is 7.57. The van der Waals surface area contributed by atoms with Crippen molar-refractivity contribution in [2.45, 2.75) is 0 Å². The van der Waals surface area contributed by atoms with Crippen LogP contribution in [0.15, 0.2) is 18.2 Å². The van der Waals surface area contributed by atoms with Crippen LogP contribution in [0.2, 0.25) is 10.0 Å². The Morgan fingerprint density at radius 3 is 2.38 bits per heavy atom. The number of piperazine rings is 1. The lowest BCUT2D eigenvalue weighted by molar-refractivity contribution is 0.109. The Kier molecular flexibility index (Phi) is 6.11. The van der Waals surface area contributed by atoms with E-state index in [-0.39, 0.29) is 6.03 Å². The lowest BCUT2D eigenvalue weighted by Crippen LogP contribution is -2.50. The Labute approximate surface area is 134 Å². The van der Waals surface area contributed by atoms with Crippen LogP contribution in [-0.2, 0) is 4.74 Å². The summed E-state index contributed by atoms with van der Waals surface area (Å²) in [5, 5.41) is 3.83. The molecule has 5 nitrogen and oxygen atoms in total. The van der Waals surface area contributed by atoms with E-state index >= 15 is 0 Å². The standard InChI is InChI=1S/C14H19Cl2N3O2/c1-21-7-6-18-2-4-19(5-3-18)14(20)17-13-9-11(15)8-12(16)10-13/h8-10H,2-7H2,1H3,(H,17,20). The Morgan fingerprint density at radius 1 is 1.19 bits per heavy atom. The lowest BCUT2D eigenvalue weighted by atomic mass is 10.3. The van der Waals surface area contributed by atoms with Crippen LogP contribution in [0.4, 0.5) is 10.5 Å². The van der Waals surface area contributed by atoms with Crippen molar-refractivity contribution in [1.29, 1.82) is 0 Å². The highest BCUT2D eigenvalue weighted by Gasteiger charge is 2.20. The van der Waals surface area contributed by atoms with Crippen molar-refractivity contribution in [3.63, 3.8) is 0 Å². The van der Waals surface area contributed by atoms with Crippen LogP contribution in [0.1, 0.15) is 0 Å². The van der Waals surface area contributed by atoms with Gasteiger partial charge >= 0.3 is 6.03 Å². The summed E-state index contributed by atoms with van der Waals surface area (Å²) in [6.45, 7) is 4.72. The average Bonchev–Trinajstić information content (AvgIpc) is 2.44. The zero-order chi connectivity index (χ0) is 15.2. The van der Waals surface area contributed by atoms with E-state index in [1.165, 1.54) is 0 Å². The smallest absolute Gasteiger partial charge is 0.321 e. The summed E-state index contributed by atoms with van der Waals surface area (Å²) in [4.78, 5) is 16.3. The number of carbonyl (C=O) groups is 1. The molecule has 0 atom stereocenters. The number of nitrogens with one attached hydrogen (secondary N) is 1. The van der Waals surface area contributed by atoms with Crippen LogP contribution in [0.5, 0.6) is 0 Å². The van der Waals surface area contributed by atoms with E-state index < -0.39 is 0 Å². The number of methoxy groups -OCH3 is 1. The highest BCUT2D eigenvalue weighted by Crippen LogP contribution is 2.22. The van der Waals surface area contributed by atoms with Gasteiger partial charge in [-0.15, -0.1) is 0 Å². The minimum Gasteiger partial charge on any atom is -0.383 e. The Morgan fingerprint density at radius 2 is 1.81 bits per heavy atom. The van der Waals surface area contributed by atoms with Gasteiger partial charge in [-0.2, -0.15) is 0 Å². The topological polar surface area (TPSA) is 44.8 Å². The first kappa shape index (κ1) is 16.4. The second-order valence-corrected chi connectivity index (χ2v) is 5.78. The summed E-state index contributed by atoms with van der Waals surface area (Å²) < 4.78 is 5.06. The third kappa shape index (κ3) is 5.04. The second kappa shape index (κ2) is 7.84. The number of nitrogens with zero attached hydrogens (tertiary/aromatic N) is 2. The number of anilines is 1. The maximum atomic E-state index is 12.2. The number of hydrogen-bond donors (Lipinski definition) is 1. The van der Waals surface area contributed by atoms with Gasteiger partial charge < -0.3 is 15.0 Å². The van der Waals surface area contributed by atoms with Gasteiger partial charge in [-0.05, 0) is 18.2 Å². The molecule has 0 radical (unpaired) electrons. The maximum Gasteiger partial charge on any atom is 0.321 e. The van der Waals surface area contributed by atoms with Crippen molar-refractivity contribution in [2.75, 3.05) is 51.8 Å². The molecule has 21 heavy (non-hydrogen) atoms. The van der Waals surface area contributed by atoms with E-state index in [1.54, 1.807) is 30.2 Å². The average molecular weight is 332 g/mol. The van der Waals surface area contributed by atoms with E-state index in [1.807, 2.05) is 0 Å². The number of urea groups is 1. The molecule has 1 N–H and O–H groups in total. The van der Waals surface area contributed by atoms with E-state index in [4.69, 9.17) is 27.9 Å². The minimum absolute atomic E-state index is 0.125. The van der Waals surface area contributed by atoms with Gasteiger partial charge in [0.1, 0.15) is 0 Å². The molecule has 0 aromatic heterocycles. The lowest BCUT2D eigenvalue weighted by Gasteiger charge is -2.34. The molecule has 0 unspecified atom stereocenters. The molecule has 1 aliphatic heterocycles. The summed E-state index contributed by atoms with van der Waals surface area (Å²) in [7, 11) is 1.69. The van der Waals surface area contributed by atoms with E-state index in [0.717, 1.165) is 19.6 Å². The minimum atomic E-state index is -0.125. The summed E-state index contributed by atoms with van der Waals surface area (Å²) in [6.07, 6.45) is 0. The van der Waals surface area contributed by atoms with E-state index in [9.17, 15) is 4.79 Å². The van der Waals surface area contributed by atoms with Crippen LogP contribution in [-0.4, -0.2) is 62.3 Å². The maximum absolute atomic E-state index is 12.2. The number of benzene rings is 1. The molecule has 0 saturated carbocycles. The van der Waals surface area contributed by atoms with Crippen LogP contribution >= 0.6 is 23.2 Å². The summed E-state index contributed by atoms with van der Waals surface area (Å²) in [5.41, 5.74) is 0.610. The summed E-state index contributed by atoms with van der Waals surface area (Å²) >= 11 is 11.8.